The summed E-state index contributed by atoms with van der Waals surface area (Å²) in [7, 11) is 0. The molecule has 0 aliphatic carbocycles. The fraction of sp³-hybridized carbons (Fsp3) is 0.545. The van der Waals surface area contributed by atoms with Crippen LogP contribution in [0.1, 0.15) is 62.3 Å². The fourth-order valence-electron chi connectivity index (χ4n) is 4.32. The Morgan fingerprint density at radius 3 is 2.97 bits per heavy atom. The van der Waals surface area contributed by atoms with E-state index in [1.165, 1.54) is 16.7 Å². The topological polar surface area (TPSA) is 72.0 Å². The molecule has 7 nitrogen and oxygen atoms in total. The van der Waals surface area contributed by atoms with Crippen LogP contribution in [-0.2, 0) is 4.79 Å². The van der Waals surface area contributed by atoms with Crippen LogP contribution in [0.15, 0.2) is 35.7 Å². The van der Waals surface area contributed by atoms with Crippen molar-refractivity contribution in [3.63, 3.8) is 0 Å². The largest absolute Gasteiger partial charge is 0.354 e. The second-order valence-electron chi connectivity index (χ2n) is 8.44. The number of hydrazine groups is 1. The lowest BCUT2D eigenvalue weighted by Gasteiger charge is -2.37. The van der Waals surface area contributed by atoms with Crippen molar-refractivity contribution in [1.29, 1.82) is 0 Å². The third kappa shape index (κ3) is 3.96. The molecule has 1 saturated heterocycles. The summed E-state index contributed by atoms with van der Waals surface area (Å²) in [6, 6.07) is 7.43. The van der Waals surface area contributed by atoms with Gasteiger partial charge < -0.3 is 15.2 Å². The minimum Gasteiger partial charge on any atom is -0.354 e. The van der Waals surface area contributed by atoms with Gasteiger partial charge in [0.05, 0.1) is 12.1 Å². The summed E-state index contributed by atoms with van der Waals surface area (Å²) < 4.78 is 0. The van der Waals surface area contributed by atoms with Gasteiger partial charge in [0.15, 0.2) is 0 Å². The lowest BCUT2D eigenvalue weighted by Crippen LogP contribution is -2.54. The summed E-state index contributed by atoms with van der Waals surface area (Å²) in [6.07, 6.45) is 7.28. The van der Waals surface area contributed by atoms with E-state index in [1.807, 2.05) is 6.92 Å². The molecule has 1 amide bonds. The predicted octanol–water partition coefficient (Wildman–Crippen LogP) is 2.65. The number of hydrazone groups is 1. The second kappa shape index (κ2) is 8.06. The van der Waals surface area contributed by atoms with Crippen LogP contribution in [0.2, 0.25) is 0 Å². The zero-order valence-electron chi connectivity index (χ0n) is 17.8. The summed E-state index contributed by atoms with van der Waals surface area (Å²) in [5.74, 6) is 1.02. The molecule has 3 unspecified atom stereocenters. The van der Waals surface area contributed by atoms with Gasteiger partial charge in [-0.2, -0.15) is 5.10 Å². The first-order chi connectivity index (χ1) is 14.0. The van der Waals surface area contributed by atoms with Crippen LogP contribution in [0.25, 0.3) is 0 Å². The van der Waals surface area contributed by atoms with E-state index in [4.69, 9.17) is 0 Å². The Morgan fingerprint density at radius 1 is 1.34 bits per heavy atom. The monoisotopic (exact) mass is 396 g/mol. The highest BCUT2D eigenvalue weighted by molar-refractivity contribution is 5.89. The molecule has 4 rings (SSSR count). The van der Waals surface area contributed by atoms with Gasteiger partial charge >= 0.3 is 0 Å². The van der Waals surface area contributed by atoms with Gasteiger partial charge in [-0.1, -0.05) is 30.7 Å². The minimum atomic E-state index is 0.0886. The highest BCUT2D eigenvalue weighted by Gasteiger charge is 2.44. The predicted molar refractivity (Wildman–Crippen MR) is 115 cm³/mol. The lowest BCUT2D eigenvalue weighted by atomic mass is 9.95. The van der Waals surface area contributed by atoms with Gasteiger partial charge in [-0.3, -0.25) is 10.2 Å². The number of carbonyl (C=O) groups is 1. The van der Waals surface area contributed by atoms with E-state index in [2.05, 4.69) is 82.5 Å². The number of nitrogens with zero attached hydrogens (tertiary/aromatic N) is 3. The fourth-order valence-corrected chi connectivity index (χ4v) is 4.32. The van der Waals surface area contributed by atoms with Gasteiger partial charge in [-0.05, 0) is 44.7 Å². The van der Waals surface area contributed by atoms with Crippen molar-refractivity contribution >= 4 is 11.7 Å². The number of nitrogens with one attached hydrogen (secondary N) is 3. The number of aryl methyl sites for hydroxylation is 2. The molecule has 4 atom stereocenters. The van der Waals surface area contributed by atoms with Crippen molar-refractivity contribution < 1.29 is 4.79 Å². The molecule has 0 radical (unpaired) electrons. The van der Waals surface area contributed by atoms with Crippen LogP contribution in [0.4, 0.5) is 0 Å². The molecule has 0 spiro atoms. The zero-order valence-corrected chi connectivity index (χ0v) is 17.8. The molecule has 0 aromatic heterocycles. The Bertz CT molecular complexity index is 835. The number of rotatable bonds is 6. The highest BCUT2D eigenvalue weighted by Crippen LogP contribution is 2.35. The normalized spacial score (nSPS) is 25.9. The third-order valence-corrected chi connectivity index (χ3v) is 6.22. The van der Waals surface area contributed by atoms with Gasteiger partial charge in [0.2, 0.25) is 5.91 Å². The van der Waals surface area contributed by atoms with Crippen molar-refractivity contribution in [2.75, 3.05) is 0 Å². The van der Waals surface area contributed by atoms with E-state index in [0.29, 0.717) is 12.8 Å². The molecular formula is C22H32N6O. The van der Waals surface area contributed by atoms with Gasteiger partial charge in [-0.25, -0.2) is 5.43 Å². The molecule has 0 bridgehead atoms. The molecule has 1 aromatic rings. The Balaban J connectivity index is 1.39. The number of hydrogen-bond donors (Lipinski definition) is 3. The van der Waals surface area contributed by atoms with Gasteiger partial charge in [0.25, 0.3) is 0 Å². The van der Waals surface area contributed by atoms with Crippen molar-refractivity contribution in [2.24, 2.45) is 5.10 Å². The number of fused-ring (bicyclic) bond motifs is 3. The molecule has 0 saturated carbocycles. The van der Waals surface area contributed by atoms with Crippen LogP contribution >= 0.6 is 0 Å². The van der Waals surface area contributed by atoms with Gasteiger partial charge in [0.1, 0.15) is 12.0 Å². The van der Waals surface area contributed by atoms with E-state index in [1.54, 1.807) is 0 Å². The smallest absolute Gasteiger partial charge is 0.220 e. The molecule has 3 aliphatic heterocycles. The SMILES string of the molecule is CC[C@H](C)NC(=O)CCC1=NNC2C3CC(c4cc(C)ccc4C)NN3C=CN12. The average Bonchev–Trinajstić information content (AvgIpc) is 3.31. The van der Waals surface area contributed by atoms with Crippen LogP contribution in [0, 0.1) is 13.8 Å². The molecule has 3 heterocycles. The first kappa shape index (κ1) is 19.8. The second-order valence-corrected chi connectivity index (χ2v) is 8.44. The summed E-state index contributed by atoms with van der Waals surface area (Å²) in [4.78, 5) is 14.3. The summed E-state index contributed by atoms with van der Waals surface area (Å²) >= 11 is 0. The standard InChI is InChI=1S/C22H32N6O/c1-5-16(4)23-21(29)9-8-20-24-25-22-19-13-18(26-28(19)11-10-27(20)22)17-12-14(2)6-7-15(17)3/h6-7,10-12,16,18-19,22,25-26H,5,8-9,13H2,1-4H3,(H,23,29)/t16-,18?,19?,22?/m0/s1. The highest BCUT2D eigenvalue weighted by atomic mass is 16.1. The van der Waals surface area contributed by atoms with Crippen molar-refractivity contribution in [1.82, 2.24) is 26.1 Å². The maximum atomic E-state index is 12.1. The zero-order chi connectivity index (χ0) is 20.5. The van der Waals surface area contributed by atoms with Crippen LogP contribution in [-0.4, -0.2) is 39.9 Å². The Kier molecular flexibility index (Phi) is 5.50. The first-order valence-electron chi connectivity index (χ1n) is 10.7. The molecule has 1 aromatic carbocycles. The Morgan fingerprint density at radius 2 is 2.17 bits per heavy atom. The van der Waals surface area contributed by atoms with E-state index >= 15 is 0 Å². The molecule has 1 fully saturated rings. The average molecular weight is 397 g/mol. The van der Waals surface area contributed by atoms with Crippen molar-refractivity contribution in [3.8, 4) is 0 Å². The van der Waals surface area contributed by atoms with Crippen LogP contribution in [0.3, 0.4) is 0 Å². The third-order valence-electron chi connectivity index (χ3n) is 6.22. The number of carbonyl (C=O) groups excluding carboxylic acids is 1. The van der Waals surface area contributed by atoms with E-state index in [0.717, 1.165) is 18.7 Å². The molecule has 3 aliphatic rings. The molecule has 3 N–H and O–H groups in total. The van der Waals surface area contributed by atoms with E-state index in [9.17, 15) is 4.79 Å². The summed E-state index contributed by atoms with van der Waals surface area (Å²) in [6.45, 7) is 8.42. The maximum absolute atomic E-state index is 12.1. The van der Waals surface area contributed by atoms with E-state index in [-0.39, 0.29) is 30.2 Å². The van der Waals surface area contributed by atoms with Gasteiger partial charge in [0, 0.05) is 31.3 Å². The maximum Gasteiger partial charge on any atom is 0.220 e. The number of amides is 1. The molecule has 29 heavy (non-hydrogen) atoms. The van der Waals surface area contributed by atoms with Gasteiger partial charge in [-0.15, -0.1) is 0 Å². The molecular weight excluding hydrogens is 364 g/mol. The van der Waals surface area contributed by atoms with Crippen molar-refractivity contribution in [3.05, 3.63) is 47.3 Å². The first-order valence-corrected chi connectivity index (χ1v) is 10.7. The van der Waals surface area contributed by atoms with Crippen LogP contribution < -0.4 is 16.2 Å². The number of benzene rings is 1. The minimum absolute atomic E-state index is 0.0886. The summed E-state index contributed by atoms with van der Waals surface area (Å²) in [5.41, 5.74) is 10.9. The van der Waals surface area contributed by atoms with Crippen molar-refractivity contribution in [2.45, 2.75) is 77.7 Å². The molecule has 7 heteroatoms. The molecule has 156 valence electrons. The lowest BCUT2D eigenvalue weighted by molar-refractivity contribution is -0.121. The Labute approximate surface area is 173 Å². The number of hydrogen-bond acceptors (Lipinski definition) is 6. The Hall–Kier alpha value is -2.54. The van der Waals surface area contributed by atoms with Crippen LogP contribution in [0.5, 0.6) is 0 Å². The summed E-state index contributed by atoms with van der Waals surface area (Å²) in [5, 5.41) is 9.78. The quantitative estimate of drug-likeness (QED) is 0.690. The van der Waals surface area contributed by atoms with E-state index < -0.39 is 0 Å². The number of amidine groups is 1.